The van der Waals surface area contributed by atoms with Crippen LogP contribution in [0.1, 0.15) is 19.3 Å². The number of para-hydroxylation sites is 1. The highest BCUT2D eigenvalue weighted by Gasteiger charge is 2.15. The van der Waals surface area contributed by atoms with E-state index in [1.807, 2.05) is 36.4 Å². The number of nitrogens with one attached hydrogen (secondary N) is 2. The molecule has 0 bridgehead atoms. The van der Waals surface area contributed by atoms with E-state index in [9.17, 15) is 0 Å². The average molecular weight is 347 g/mol. The molecule has 0 saturated carbocycles. The molecule has 0 unspecified atom stereocenters. The van der Waals surface area contributed by atoms with Gasteiger partial charge >= 0.3 is 0 Å². The molecule has 4 rings (SSSR count). The van der Waals surface area contributed by atoms with Crippen molar-refractivity contribution >= 4 is 29.0 Å². The molecule has 2 aromatic heterocycles. The Morgan fingerprint density at radius 3 is 2.12 bits per heavy atom. The maximum Gasteiger partial charge on any atom is 0.229 e. The molecule has 7 heteroatoms. The third-order valence-electron chi connectivity index (χ3n) is 4.23. The van der Waals surface area contributed by atoms with Crippen LogP contribution in [0.4, 0.5) is 29.0 Å². The molecule has 0 aliphatic carbocycles. The number of anilines is 5. The Labute approximate surface area is 152 Å². The van der Waals surface area contributed by atoms with Gasteiger partial charge in [-0.15, -0.1) is 0 Å². The molecule has 1 aliphatic heterocycles. The number of hydrogen-bond donors (Lipinski definition) is 2. The van der Waals surface area contributed by atoms with E-state index in [-0.39, 0.29) is 0 Å². The van der Waals surface area contributed by atoms with Crippen LogP contribution < -0.4 is 15.5 Å². The molecule has 3 aromatic rings. The van der Waals surface area contributed by atoms with E-state index in [4.69, 9.17) is 9.97 Å². The lowest BCUT2D eigenvalue weighted by Crippen LogP contribution is -2.31. The predicted octanol–water partition coefficient (Wildman–Crippen LogP) is 3.74. The van der Waals surface area contributed by atoms with Crippen molar-refractivity contribution in [1.29, 1.82) is 0 Å². The van der Waals surface area contributed by atoms with Crippen LogP contribution in [0.25, 0.3) is 0 Å². The summed E-state index contributed by atoms with van der Waals surface area (Å²) >= 11 is 0. The van der Waals surface area contributed by atoms with Gasteiger partial charge in [0, 0.05) is 24.8 Å². The number of piperidine rings is 1. The first-order valence-corrected chi connectivity index (χ1v) is 8.85. The molecule has 1 fully saturated rings. The molecule has 2 N–H and O–H groups in total. The van der Waals surface area contributed by atoms with Gasteiger partial charge in [0.25, 0.3) is 0 Å². The number of aromatic nitrogens is 4. The summed E-state index contributed by atoms with van der Waals surface area (Å²) in [7, 11) is 0. The van der Waals surface area contributed by atoms with Crippen LogP contribution in [0.15, 0.2) is 55.1 Å². The Morgan fingerprint density at radius 2 is 1.42 bits per heavy atom. The third-order valence-corrected chi connectivity index (χ3v) is 4.23. The second-order valence-corrected chi connectivity index (χ2v) is 6.23. The summed E-state index contributed by atoms with van der Waals surface area (Å²) in [5, 5.41) is 6.63. The second-order valence-electron chi connectivity index (χ2n) is 6.23. The van der Waals surface area contributed by atoms with Crippen molar-refractivity contribution in [2.45, 2.75) is 19.3 Å². The van der Waals surface area contributed by atoms with Crippen molar-refractivity contribution in [3.8, 4) is 0 Å². The second kappa shape index (κ2) is 7.77. The molecule has 1 aliphatic rings. The van der Waals surface area contributed by atoms with E-state index in [0.717, 1.165) is 36.2 Å². The number of nitrogens with zero attached hydrogens (tertiary/aromatic N) is 5. The summed E-state index contributed by atoms with van der Waals surface area (Å²) in [4.78, 5) is 19.8. The quantitative estimate of drug-likeness (QED) is 0.728. The van der Waals surface area contributed by atoms with Gasteiger partial charge < -0.3 is 15.5 Å². The molecule has 1 aromatic carbocycles. The minimum Gasteiger partial charge on any atom is -0.341 e. The third kappa shape index (κ3) is 4.05. The van der Waals surface area contributed by atoms with Crippen molar-refractivity contribution in [3.05, 3.63) is 55.1 Å². The number of benzene rings is 1. The monoisotopic (exact) mass is 347 g/mol. The summed E-state index contributed by atoms with van der Waals surface area (Å²) in [6.07, 6.45) is 8.57. The minimum absolute atomic E-state index is 0.716. The van der Waals surface area contributed by atoms with Gasteiger partial charge in [-0.25, -0.2) is 9.97 Å². The SMILES string of the molecule is c1ccc(Nc2cc(Nc3cncnc3)nc(N3CCCCC3)n2)cc1. The van der Waals surface area contributed by atoms with Crippen LogP contribution >= 0.6 is 0 Å². The van der Waals surface area contributed by atoms with E-state index in [1.54, 1.807) is 12.4 Å². The summed E-state index contributed by atoms with van der Waals surface area (Å²) in [5.74, 6) is 2.21. The molecule has 3 heterocycles. The Hall–Kier alpha value is -3.22. The summed E-state index contributed by atoms with van der Waals surface area (Å²) in [5.41, 5.74) is 1.78. The lowest BCUT2D eigenvalue weighted by Gasteiger charge is -2.27. The molecule has 1 saturated heterocycles. The summed E-state index contributed by atoms with van der Waals surface area (Å²) in [6, 6.07) is 11.9. The molecule has 7 nitrogen and oxygen atoms in total. The van der Waals surface area contributed by atoms with Crippen molar-refractivity contribution in [2.75, 3.05) is 28.6 Å². The van der Waals surface area contributed by atoms with Gasteiger partial charge in [0.15, 0.2) is 0 Å². The highest BCUT2D eigenvalue weighted by Crippen LogP contribution is 2.24. The fourth-order valence-electron chi connectivity index (χ4n) is 2.98. The minimum atomic E-state index is 0.716. The standard InChI is InChI=1S/C19H21N7/c1-3-7-15(8-4-1)22-17-11-18(23-16-12-20-14-21-13-16)25-19(24-17)26-9-5-2-6-10-26/h1,3-4,7-8,11-14H,2,5-6,9-10H2,(H2,22,23,24,25). The van der Waals surface area contributed by atoms with Crippen LogP contribution in [-0.4, -0.2) is 33.0 Å². The molecule has 132 valence electrons. The zero-order valence-electron chi connectivity index (χ0n) is 14.5. The highest BCUT2D eigenvalue weighted by molar-refractivity contribution is 5.64. The van der Waals surface area contributed by atoms with Gasteiger partial charge in [0.05, 0.1) is 18.1 Å². The normalized spacial score (nSPS) is 14.1. The lowest BCUT2D eigenvalue weighted by atomic mass is 10.1. The van der Waals surface area contributed by atoms with Gasteiger partial charge in [-0.2, -0.15) is 9.97 Å². The zero-order valence-corrected chi connectivity index (χ0v) is 14.5. The first-order chi connectivity index (χ1) is 12.9. The molecule has 0 amide bonds. The first-order valence-electron chi connectivity index (χ1n) is 8.85. The maximum atomic E-state index is 4.73. The van der Waals surface area contributed by atoms with E-state index in [2.05, 4.69) is 25.5 Å². The van der Waals surface area contributed by atoms with E-state index in [1.165, 1.54) is 25.6 Å². The Bertz CT molecular complexity index is 773. The summed E-state index contributed by atoms with van der Waals surface area (Å²) in [6.45, 7) is 1.98. The smallest absolute Gasteiger partial charge is 0.229 e. The topological polar surface area (TPSA) is 78.9 Å². The lowest BCUT2D eigenvalue weighted by molar-refractivity contribution is 0.568. The Kier molecular flexibility index (Phi) is 4.86. The van der Waals surface area contributed by atoms with Gasteiger partial charge in [-0.05, 0) is 31.4 Å². The Balaban J connectivity index is 1.64. The van der Waals surface area contributed by atoms with E-state index in [0.29, 0.717) is 5.82 Å². The average Bonchev–Trinajstić information content (AvgIpc) is 2.70. The van der Waals surface area contributed by atoms with Crippen LogP contribution in [-0.2, 0) is 0 Å². The highest BCUT2D eigenvalue weighted by atomic mass is 15.3. The fraction of sp³-hybridized carbons (Fsp3) is 0.263. The number of rotatable bonds is 5. The zero-order chi connectivity index (χ0) is 17.6. The molecule has 0 radical (unpaired) electrons. The van der Waals surface area contributed by atoms with E-state index < -0.39 is 0 Å². The first kappa shape index (κ1) is 16.3. The van der Waals surface area contributed by atoms with Crippen molar-refractivity contribution < 1.29 is 0 Å². The van der Waals surface area contributed by atoms with Crippen molar-refractivity contribution in [2.24, 2.45) is 0 Å². The largest absolute Gasteiger partial charge is 0.341 e. The van der Waals surface area contributed by atoms with Gasteiger partial charge in [0.1, 0.15) is 18.0 Å². The Morgan fingerprint density at radius 1 is 0.769 bits per heavy atom. The predicted molar refractivity (Wildman–Crippen MR) is 103 cm³/mol. The van der Waals surface area contributed by atoms with E-state index >= 15 is 0 Å². The molecule has 0 atom stereocenters. The molecular formula is C19H21N7. The van der Waals surface area contributed by atoms with Crippen LogP contribution in [0.5, 0.6) is 0 Å². The van der Waals surface area contributed by atoms with Crippen LogP contribution in [0.3, 0.4) is 0 Å². The molecule has 26 heavy (non-hydrogen) atoms. The van der Waals surface area contributed by atoms with Gasteiger partial charge in [-0.3, -0.25) is 0 Å². The fourth-order valence-corrected chi connectivity index (χ4v) is 2.98. The number of hydrogen-bond acceptors (Lipinski definition) is 7. The van der Waals surface area contributed by atoms with Crippen molar-refractivity contribution in [1.82, 2.24) is 19.9 Å². The van der Waals surface area contributed by atoms with Crippen LogP contribution in [0, 0.1) is 0 Å². The van der Waals surface area contributed by atoms with Crippen LogP contribution in [0.2, 0.25) is 0 Å². The molecule has 0 spiro atoms. The van der Waals surface area contributed by atoms with Gasteiger partial charge in [0.2, 0.25) is 5.95 Å². The molecular weight excluding hydrogens is 326 g/mol. The summed E-state index contributed by atoms with van der Waals surface area (Å²) < 4.78 is 0. The maximum absolute atomic E-state index is 4.73. The van der Waals surface area contributed by atoms with Gasteiger partial charge in [-0.1, -0.05) is 18.2 Å². The van der Waals surface area contributed by atoms with Crippen molar-refractivity contribution in [3.63, 3.8) is 0 Å².